The van der Waals surface area contributed by atoms with Gasteiger partial charge in [0.25, 0.3) is 0 Å². The van der Waals surface area contributed by atoms with Crippen LogP contribution in [-0.2, 0) is 23.1 Å². The van der Waals surface area contributed by atoms with Crippen LogP contribution in [0.4, 0.5) is 5.69 Å². The molecule has 1 aliphatic heterocycles. The number of hydrogen-bond donors (Lipinski definition) is 1. The molecule has 0 aliphatic carbocycles. The van der Waals surface area contributed by atoms with Crippen LogP contribution in [0, 0.1) is 0 Å². The highest BCUT2D eigenvalue weighted by molar-refractivity contribution is 8.00. The molecule has 9 heteroatoms. The molecule has 2 N–H and O–H groups in total. The van der Waals surface area contributed by atoms with Crippen molar-refractivity contribution < 1.29 is 9.59 Å². The van der Waals surface area contributed by atoms with Crippen LogP contribution in [0.15, 0.2) is 64.6 Å². The number of nitrogens with two attached hydrogens (primary N) is 1. The zero-order valence-corrected chi connectivity index (χ0v) is 18.7. The molecule has 0 saturated heterocycles. The minimum atomic E-state index is -0.374. The van der Waals surface area contributed by atoms with Crippen molar-refractivity contribution in [2.75, 3.05) is 16.4 Å². The van der Waals surface area contributed by atoms with Crippen molar-refractivity contribution in [2.45, 2.75) is 28.9 Å². The van der Waals surface area contributed by atoms with Gasteiger partial charge in [0.05, 0.1) is 17.5 Å². The first-order valence-corrected chi connectivity index (χ1v) is 11.9. The Morgan fingerprint density at radius 3 is 2.65 bits per heavy atom. The van der Waals surface area contributed by atoms with Gasteiger partial charge in [-0.1, -0.05) is 54.2 Å². The maximum atomic E-state index is 13.4. The van der Waals surface area contributed by atoms with E-state index in [2.05, 4.69) is 28.4 Å². The molecule has 4 rings (SSSR count). The van der Waals surface area contributed by atoms with Crippen LogP contribution in [-0.4, -0.2) is 38.1 Å². The van der Waals surface area contributed by atoms with Gasteiger partial charge in [-0.2, -0.15) is 0 Å². The molecule has 7 nitrogen and oxygen atoms in total. The number of para-hydroxylation sites is 1. The van der Waals surface area contributed by atoms with Crippen molar-refractivity contribution in [3.05, 3.63) is 66.0 Å². The molecular weight excluding hydrogens is 430 g/mol. The van der Waals surface area contributed by atoms with Crippen LogP contribution in [0.3, 0.4) is 0 Å². The number of anilines is 1. The van der Waals surface area contributed by atoms with E-state index in [9.17, 15) is 9.59 Å². The monoisotopic (exact) mass is 453 g/mol. The fourth-order valence-electron chi connectivity index (χ4n) is 3.54. The predicted molar refractivity (Wildman–Crippen MR) is 123 cm³/mol. The first-order valence-electron chi connectivity index (χ1n) is 9.93. The third-order valence-electron chi connectivity index (χ3n) is 5.13. The summed E-state index contributed by atoms with van der Waals surface area (Å²) in [6, 6.07) is 18.1. The number of rotatable bonds is 7. The van der Waals surface area contributed by atoms with Gasteiger partial charge in [0.2, 0.25) is 11.8 Å². The topological polar surface area (TPSA) is 94.1 Å². The summed E-state index contributed by atoms with van der Waals surface area (Å²) in [5.41, 5.74) is 7.29. The highest BCUT2D eigenvalue weighted by Gasteiger charge is 2.32. The van der Waals surface area contributed by atoms with Gasteiger partial charge in [-0.05, 0) is 17.7 Å². The van der Waals surface area contributed by atoms with Crippen LogP contribution < -0.4 is 10.6 Å². The Morgan fingerprint density at radius 2 is 1.87 bits per heavy atom. The number of amides is 2. The van der Waals surface area contributed by atoms with Gasteiger partial charge in [0.1, 0.15) is 5.82 Å². The molecule has 2 amide bonds. The van der Waals surface area contributed by atoms with Crippen LogP contribution in [0.5, 0.6) is 0 Å². The van der Waals surface area contributed by atoms with Crippen molar-refractivity contribution in [3.63, 3.8) is 0 Å². The summed E-state index contributed by atoms with van der Waals surface area (Å²) >= 11 is 3.13. The first-order chi connectivity index (χ1) is 15.0. The molecule has 1 aliphatic rings. The predicted octanol–water partition coefficient (Wildman–Crippen LogP) is 3.21. The summed E-state index contributed by atoms with van der Waals surface area (Å²) in [7, 11) is 1.84. The molecule has 2 heterocycles. The molecule has 1 aromatic heterocycles. The quantitative estimate of drug-likeness (QED) is 0.552. The normalized spacial score (nSPS) is 15.5. The van der Waals surface area contributed by atoms with E-state index in [0.29, 0.717) is 17.4 Å². The summed E-state index contributed by atoms with van der Waals surface area (Å²) in [4.78, 5) is 27.5. The molecule has 31 heavy (non-hydrogen) atoms. The van der Waals surface area contributed by atoms with Gasteiger partial charge < -0.3 is 15.2 Å². The molecule has 3 aromatic rings. The van der Waals surface area contributed by atoms with Crippen molar-refractivity contribution in [1.29, 1.82) is 0 Å². The minimum Gasteiger partial charge on any atom is -0.370 e. The van der Waals surface area contributed by atoms with Crippen molar-refractivity contribution >= 4 is 41.0 Å². The van der Waals surface area contributed by atoms with Crippen molar-refractivity contribution in [2.24, 2.45) is 12.8 Å². The lowest BCUT2D eigenvalue weighted by Gasteiger charge is -2.37. The Morgan fingerprint density at radius 1 is 1.13 bits per heavy atom. The highest BCUT2D eigenvalue weighted by atomic mass is 32.2. The van der Waals surface area contributed by atoms with Gasteiger partial charge >= 0.3 is 0 Å². The lowest BCUT2D eigenvalue weighted by Crippen LogP contribution is -2.39. The zero-order valence-electron chi connectivity index (χ0n) is 17.1. The third-order valence-corrected chi connectivity index (χ3v) is 7.27. The Kier molecular flexibility index (Phi) is 6.62. The van der Waals surface area contributed by atoms with E-state index in [0.717, 1.165) is 21.9 Å². The molecule has 2 aromatic carbocycles. The Labute approximate surface area is 189 Å². The van der Waals surface area contributed by atoms with Crippen LogP contribution in [0.1, 0.15) is 23.9 Å². The van der Waals surface area contributed by atoms with E-state index in [-0.39, 0.29) is 30.0 Å². The highest BCUT2D eigenvalue weighted by Crippen LogP contribution is 2.43. The molecule has 160 valence electrons. The number of aryl methyl sites for hydroxylation is 1. The number of primary amides is 1. The number of fused-ring (bicyclic) bond motifs is 1. The molecular formula is C22H23N5O2S2. The second-order valence-electron chi connectivity index (χ2n) is 7.18. The molecule has 0 radical (unpaired) electrons. The fourth-order valence-corrected chi connectivity index (χ4v) is 5.49. The number of benzene rings is 2. The molecule has 0 bridgehead atoms. The van der Waals surface area contributed by atoms with Gasteiger partial charge in [0, 0.05) is 30.5 Å². The summed E-state index contributed by atoms with van der Waals surface area (Å²) < 4.78 is 1.82. The minimum absolute atomic E-state index is 0.0216. The van der Waals surface area contributed by atoms with E-state index in [1.807, 2.05) is 52.9 Å². The Bertz CT molecular complexity index is 1090. The Balaban J connectivity index is 1.53. The van der Waals surface area contributed by atoms with Crippen LogP contribution in [0.25, 0.3) is 0 Å². The SMILES string of the molecule is Cn1c(CCC(N)=O)nnc1SCC(=O)N1c2ccccc2SCC1c1ccccc1. The van der Waals surface area contributed by atoms with E-state index < -0.39 is 0 Å². The van der Waals surface area contributed by atoms with E-state index in [1.165, 1.54) is 11.8 Å². The molecule has 1 unspecified atom stereocenters. The summed E-state index contributed by atoms with van der Waals surface area (Å²) in [6.45, 7) is 0. The molecule has 1 atom stereocenters. The maximum absolute atomic E-state index is 13.4. The van der Waals surface area contributed by atoms with E-state index in [4.69, 9.17) is 5.73 Å². The molecule has 0 saturated carbocycles. The van der Waals surface area contributed by atoms with E-state index in [1.54, 1.807) is 11.8 Å². The lowest BCUT2D eigenvalue weighted by atomic mass is 10.1. The maximum Gasteiger partial charge on any atom is 0.238 e. The number of aromatic nitrogens is 3. The zero-order chi connectivity index (χ0) is 21.8. The average molecular weight is 454 g/mol. The van der Waals surface area contributed by atoms with Gasteiger partial charge in [0.15, 0.2) is 5.16 Å². The smallest absolute Gasteiger partial charge is 0.238 e. The molecule has 0 spiro atoms. The fraction of sp³-hybridized carbons (Fsp3) is 0.273. The number of nitrogens with zero attached hydrogens (tertiary/aromatic N) is 4. The van der Waals surface area contributed by atoms with Gasteiger partial charge in [-0.25, -0.2) is 0 Å². The van der Waals surface area contributed by atoms with Crippen LogP contribution >= 0.6 is 23.5 Å². The first kappa shape index (κ1) is 21.5. The summed E-state index contributed by atoms with van der Waals surface area (Å²) in [5, 5.41) is 8.96. The second-order valence-corrected chi connectivity index (χ2v) is 9.19. The van der Waals surface area contributed by atoms with Gasteiger partial charge in [-0.3, -0.25) is 9.59 Å². The standard InChI is InChI=1S/C22H23N5O2S2/c1-26-20(12-11-19(23)28)24-25-22(26)31-14-21(29)27-16-9-5-6-10-18(16)30-13-17(27)15-7-3-2-4-8-15/h2-10,17H,11-14H2,1H3,(H2,23,28). The van der Waals surface area contributed by atoms with E-state index >= 15 is 0 Å². The Hall–Kier alpha value is -2.78. The average Bonchev–Trinajstić information content (AvgIpc) is 3.15. The second kappa shape index (κ2) is 9.57. The van der Waals surface area contributed by atoms with Crippen LogP contribution in [0.2, 0.25) is 0 Å². The number of hydrogen-bond acceptors (Lipinski definition) is 6. The lowest BCUT2D eigenvalue weighted by molar-refractivity contribution is -0.118. The number of carbonyl (C=O) groups excluding carboxylic acids is 2. The summed E-state index contributed by atoms with van der Waals surface area (Å²) in [6.07, 6.45) is 0.650. The molecule has 0 fully saturated rings. The third kappa shape index (κ3) is 4.77. The van der Waals surface area contributed by atoms with Crippen molar-refractivity contribution in [1.82, 2.24) is 14.8 Å². The number of carbonyl (C=O) groups is 2. The van der Waals surface area contributed by atoms with Gasteiger partial charge in [-0.15, -0.1) is 22.0 Å². The number of thioether (sulfide) groups is 2. The van der Waals surface area contributed by atoms with Crippen molar-refractivity contribution in [3.8, 4) is 0 Å². The summed E-state index contributed by atoms with van der Waals surface area (Å²) in [5.74, 6) is 1.37. The largest absolute Gasteiger partial charge is 0.370 e.